The molecule has 2 N–H and O–H groups in total. The summed E-state index contributed by atoms with van der Waals surface area (Å²) in [7, 11) is 1.45. The molecule has 0 bridgehead atoms. The van der Waals surface area contributed by atoms with Gasteiger partial charge in [-0.2, -0.15) is 0 Å². The maximum absolute atomic E-state index is 12.0. The van der Waals surface area contributed by atoms with E-state index in [1.165, 1.54) is 26.5 Å². The Kier molecular flexibility index (Phi) is 5.81. The highest BCUT2D eigenvalue weighted by atomic mass is 16.5. The van der Waals surface area contributed by atoms with Gasteiger partial charge in [-0.3, -0.25) is 9.69 Å². The highest BCUT2D eigenvalue weighted by Crippen LogP contribution is 2.29. The van der Waals surface area contributed by atoms with Crippen molar-refractivity contribution in [2.45, 2.75) is 25.4 Å². The van der Waals surface area contributed by atoms with Gasteiger partial charge in [-0.1, -0.05) is 0 Å². The van der Waals surface area contributed by atoms with Crippen molar-refractivity contribution in [3.8, 4) is 0 Å². The highest BCUT2D eigenvalue weighted by molar-refractivity contribution is 5.74. The molecule has 1 heterocycles. The second-order valence-electron chi connectivity index (χ2n) is 5.87. The van der Waals surface area contributed by atoms with Crippen LogP contribution in [0.1, 0.15) is 19.3 Å². The number of rotatable bonds is 7. The first-order valence-electron chi connectivity index (χ1n) is 7.58. The number of carbonyl (C=O) groups is 2. The fraction of sp³-hybridized carbons (Fsp3) is 0.857. The molecule has 7 nitrogen and oxygen atoms in total. The number of amides is 2. The first kappa shape index (κ1) is 16.0. The molecule has 1 saturated heterocycles. The predicted molar refractivity (Wildman–Crippen MR) is 77.2 cm³/mol. The Bertz CT molecular complexity index is 365. The van der Waals surface area contributed by atoms with Crippen molar-refractivity contribution in [1.29, 1.82) is 0 Å². The third-order valence-corrected chi connectivity index (χ3v) is 4.09. The van der Waals surface area contributed by atoms with Crippen molar-refractivity contribution >= 4 is 12.0 Å². The molecule has 0 aromatic carbocycles. The summed E-state index contributed by atoms with van der Waals surface area (Å²) in [4.78, 5) is 26.9. The Morgan fingerprint density at radius 3 is 2.48 bits per heavy atom. The van der Waals surface area contributed by atoms with Crippen molar-refractivity contribution in [3.63, 3.8) is 0 Å². The minimum absolute atomic E-state index is 0.105. The minimum Gasteiger partial charge on any atom is -0.481 e. The molecule has 2 amide bonds. The van der Waals surface area contributed by atoms with Crippen LogP contribution in [0.4, 0.5) is 4.79 Å². The Morgan fingerprint density at radius 2 is 1.95 bits per heavy atom. The molecule has 21 heavy (non-hydrogen) atoms. The average molecular weight is 299 g/mol. The van der Waals surface area contributed by atoms with Gasteiger partial charge in [0, 0.05) is 46.4 Å². The number of urea groups is 1. The van der Waals surface area contributed by atoms with E-state index in [-0.39, 0.29) is 19.0 Å². The number of carboxylic acid groups (broad SMARTS) is 1. The quantitative estimate of drug-likeness (QED) is 0.702. The number of methoxy groups -OCH3 is 1. The zero-order chi connectivity index (χ0) is 15.2. The van der Waals surface area contributed by atoms with Crippen molar-refractivity contribution < 1.29 is 19.4 Å². The lowest BCUT2D eigenvalue weighted by Crippen LogP contribution is -2.53. The molecule has 1 saturated carbocycles. The van der Waals surface area contributed by atoms with Crippen LogP contribution in [0, 0.1) is 5.92 Å². The molecule has 0 spiro atoms. The molecule has 1 aliphatic carbocycles. The number of hydrogen-bond acceptors (Lipinski definition) is 4. The van der Waals surface area contributed by atoms with Crippen molar-refractivity contribution in [2.75, 3.05) is 46.4 Å². The van der Waals surface area contributed by atoms with E-state index < -0.39 is 12.1 Å². The molecule has 7 heteroatoms. The van der Waals surface area contributed by atoms with Crippen molar-refractivity contribution in [2.24, 2.45) is 5.92 Å². The molecule has 2 aliphatic rings. The second-order valence-corrected chi connectivity index (χ2v) is 5.87. The zero-order valence-corrected chi connectivity index (χ0v) is 12.6. The van der Waals surface area contributed by atoms with E-state index in [4.69, 9.17) is 9.84 Å². The lowest BCUT2D eigenvalue weighted by atomic mass is 10.2. The van der Waals surface area contributed by atoms with Crippen LogP contribution in [0.25, 0.3) is 0 Å². The normalized spacial score (nSPS) is 21.1. The van der Waals surface area contributed by atoms with Crippen LogP contribution < -0.4 is 5.32 Å². The number of piperazine rings is 1. The SMILES string of the molecule is COC(CNC(=O)N1CCN(CC2CC2)CC1)CC(=O)O. The van der Waals surface area contributed by atoms with E-state index in [2.05, 4.69) is 10.2 Å². The zero-order valence-electron chi connectivity index (χ0n) is 12.6. The number of carboxylic acids is 1. The van der Waals surface area contributed by atoms with Crippen LogP contribution in [-0.4, -0.2) is 79.4 Å². The van der Waals surface area contributed by atoms with Gasteiger partial charge in [-0.05, 0) is 18.8 Å². The third kappa shape index (κ3) is 5.51. The predicted octanol–water partition coefficient (Wildman–Crippen LogP) is 0.213. The first-order chi connectivity index (χ1) is 10.1. The smallest absolute Gasteiger partial charge is 0.317 e. The Balaban J connectivity index is 1.65. The fourth-order valence-corrected chi connectivity index (χ4v) is 2.55. The standard InChI is InChI=1S/C14H25N3O4/c1-21-12(8-13(18)19)9-15-14(20)17-6-4-16(5-7-17)10-11-2-3-11/h11-12H,2-10H2,1H3,(H,15,20)(H,18,19). The molecule has 1 aliphatic heterocycles. The van der Waals surface area contributed by atoms with Crippen LogP contribution in [-0.2, 0) is 9.53 Å². The third-order valence-electron chi connectivity index (χ3n) is 4.09. The van der Waals surface area contributed by atoms with Crippen molar-refractivity contribution in [3.05, 3.63) is 0 Å². The topological polar surface area (TPSA) is 82.1 Å². The number of aliphatic carboxylic acids is 1. The van der Waals surface area contributed by atoms with E-state index in [9.17, 15) is 9.59 Å². The Morgan fingerprint density at radius 1 is 1.29 bits per heavy atom. The van der Waals surface area contributed by atoms with Gasteiger partial charge in [0.25, 0.3) is 0 Å². The Hall–Kier alpha value is -1.34. The molecule has 0 radical (unpaired) electrons. The molecule has 0 aromatic heterocycles. The van der Waals surface area contributed by atoms with Gasteiger partial charge < -0.3 is 20.1 Å². The van der Waals surface area contributed by atoms with Gasteiger partial charge in [-0.15, -0.1) is 0 Å². The average Bonchev–Trinajstić information content (AvgIpc) is 3.27. The van der Waals surface area contributed by atoms with Gasteiger partial charge in [0.2, 0.25) is 0 Å². The lowest BCUT2D eigenvalue weighted by molar-refractivity contribution is -0.139. The Labute approximate surface area is 125 Å². The monoisotopic (exact) mass is 299 g/mol. The number of nitrogens with zero attached hydrogens (tertiary/aromatic N) is 2. The van der Waals surface area contributed by atoms with E-state index in [0.717, 1.165) is 32.1 Å². The largest absolute Gasteiger partial charge is 0.481 e. The number of ether oxygens (including phenoxy) is 1. The van der Waals surface area contributed by atoms with E-state index >= 15 is 0 Å². The van der Waals surface area contributed by atoms with Crippen molar-refractivity contribution in [1.82, 2.24) is 15.1 Å². The van der Waals surface area contributed by atoms with E-state index in [1.54, 1.807) is 4.90 Å². The van der Waals surface area contributed by atoms with E-state index in [1.807, 2.05) is 0 Å². The fourth-order valence-electron chi connectivity index (χ4n) is 2.55. The van der Waals surface area contributed by atoms with Gasteiger partial charge in [0.15, 0.2) is 0 Å². The summed E-state index contributed by atoms with van der Waals surface area (Å²) >= 11 is 0. The van der Waals surface area contributed by atoms with Crippen LogP contribution in [0.3, 0.4) is 0 Å². The van der Waals surface area contributed by atoms with E-state index in [0.29, 0.717) is 0 Å². The summed E-state index contributed by atoms with van der Waals surface area (Å²) in [5.74, 6) is -0.0476. The van der Waals surface area contributed by atoms with Gasteiger partial charge in [0.05, 0.1) is 12.5 Å². The number of nitrogens with one attached hydrogen (secondary N) is 1. The van der Waals surface area contributed by atoms with Gasteiger partial charge >= 0.3 is 12.0 Å². The lowest BCUT2D eigenvalue weighted by Gasteiger charge is -2.35. The minimum atomic E-state index is -0.926. The number of carbonyl (C=O) groups excluding carboxylic acids is 1. The molecule has 1 atom stereocenters. The first-order valence-corrected chi connectivity index (χ1v) is 7.58. The van der Waals surface area contributed by atoms with Crippen LogP contribution >= 0.6 is 0 Å². The van der Waals surface area contributed by atoms with Gasteiger partial charge in [0.1, 0.15) is 0 Å². The molecule has 120 valence electrons. The van der Waals surface area contributed by atoms with Crippen LogP contribution in [0.5, 0.6) is 0 Å². The maximum atomic E-state index is 12.0. The molecule has 2 fully saturated rings. The summed E-state index contributed by atoms with van der Waals surface area (Å²) in [6.07, 6.45) is 2.11. The molecule has 2 rings (SSSR count). The highest BCUT2D eigenvalue weighted by Gasteiger charge is 2.27. The summed E-state index contributed by atoms with van der Waals surface area (Å²) in [6.45, 7) is 4.70. The summed E-state index contributed by atoms with van der Waals surface area (Å²) in [5.41, 5.74) is 0. The molecule has 0 aromatic rings. The van der Waals surface area contributed by atoms with Crippen LogP contribution in [0.2, 0.25) is 0 Å². The van der Waals surface area contributed by atoms with Gasteiger partial charge in [-0.25, -0.2) is 4.79 Å². The molecular weight excluding hydrogens is 274 g/mol. The molecular formula is C14H25N3O4. The number of hydrogen-bond donors (Lipinski definition) is 2. The summed E-state index contributed by atoms with van der Waals surface area (Å²) in [6, 6.07) is -0.131. The van der Waals surface area contributed by atoms with Crippen LogP contribution in [0.15, 0.2) is 0 Å². The maximum Gasteiger partial charge on any atom is 0.317 e. The second kappa shape index (κ2) is 7.61. The summed E-state index contributed by atoms with van der Waals surface area (Å²) < 4.78 is 5.04. The molecule has 1 unspecified atom stereocenters. The summed E-state index contributed by atoms with van der Waals surface area (Å²) in [5, 5.41) is 11.5.